The molecule has 1 aliphatic heterocycles. The van der Waals surface area contributed by atoms with E-state index in [1.165, 1.54) is 43.5 Å². The van der Waals surface area contributed by atoms with Gasteiger partial charge in [-0.05, 0) is 69.3 Å². The highest BCUT2D eigenvalue weighted by atomic mass is 15.1. The van der Waals surface area contributed by atoms with Crippen molar-refractivity contribution in [3.05, 3.63) is 35.4 Å². The van der Waals surface area contributed by atoms with Gasteiger partial charge in [0, 0.05) is 5.54 Å². The smallest absolute Gasteiger partial charge is 0.0414 e. The number of likely N-dealkylation sites (tertiary alicyclic amines) is 1. The molecule has 0 spiro atoms. The summed E-state index contributed by atoms with van der Waals surface area (Å²) in [5, 5.41) is 0. The number of benzene rings is 1. The van der Waals surface area contributed by atoms with Gasteiger partial charge in [0.2, 0.25) is 0 Å². The van der Waals surface area contributed by atoms with E-state index in [9.17, 15) is 0 Å². The monoisotopic (exact) mass is 244 g/mol. The lowest BCUT2D eigenvalue weighted by Crippen LogP contribution is -2.22. The van der Waals surface area contributed by atoms with Gasteiger partial charge in [-0.25, -0.2) is 0 Å². The van der Waals surface area contributed by atoms with E-state index < -0.39 is 0 Å². The first-order valence-electron chi connectivity index (χ1n) is 7.26. The van der Waals surface area contributed by atoms with Crippen LogP contribution >= 0.6 is 0 Å². The summed E-state index contributed by atoms with van der Waals surface area (Å²) >= 11 is 0. The Balaban J connectivity index is 1.87. The molecule has 0 amide bonds. The second-order valence-electron chi connectivity index (χ2n) is 6.17. The third kappa shape index (κ3) is 2.32. The molecule has 0 aromatic heterocycles. The van der Waals surface area contributed by atoms with Crippen LogP contribution in [0.3, 0.4) is 0 Å². The van der Waals surface area contributed by atoms with E-state index in [-0.39, 0.29) is 5.54 Å². The van der Waals surface area contributed by atoms with Crippen LogP contribution in [-0.4, -0.2) is 25.0 Å². The molecule has 1 aromatic carbocycles. The van der Waals surface area contributed by atoms with E-state index in [1.54, 1.807) is 0 Å². The van der Waals surface area contributed by atoms with E-state index in [4.69, 9.17) is 5.73 Å². The summed E-state index contributed by atoms with van der Waals surface area (Å²) in [7, 11) is 2.24. The first-order valence-corrected chi connectivity index (χ1v) is 7.26. The Labute approximate surface area is 110 Å². The van der Waals surface area contributed by atoms with Crippen molar-refractivity contribution in [3.63, 3.8) is 0 Å². The number of rotatable bonds is 2. The van der Waals surface area contributed by atoms with Gasteiger partial charge in [-0.1, -0.05) is 24.3 Å². The Kier molecular flexibility index (Phi) is 3.16. The molecule has 2 nitrogen and oxygen atoms in total. The van der Waals surface area contributed by atoms with Crippen molar-refractivity contribution in [1.29, 1.82) is 0 Å². The van der Waals surface area contributed by atoms with E-state index in [0.29, 0.717) is 5.92 Å². The minimum Gasteiger partial charge on any atom is -0.321 e. The second kappa shape index (κ2) is 4.67. The lowest BCUT2D eigenvalue weighted by Gasteiger charge is -2.22. The molecular weight excluding hydrogens is 220 g/mol. The Bertz CT molecular complexity index is 423. The van der Waals surface area contributed by atoms with Crippen molar-refractivity contribution in [2.45, 2.75) is 43.6 Å². The molecule has 2 aliphatic rings. The van der Waals surface area contributed by atoms with Crippen LogP contribution in [0.4, 0.5) is 0 Å². The largest absolute Gasteiger partial charge is 0.321 e. The Morgan fingerprint density at radius 3 is 2.72 bits per heavy atom. The molecule has 2 fully saturated rings. The van der Waals surface area contributed by atoms with Gasteiger partial charge in [0.05, 0.1) is 0 Å². The van der Waals surface area contributed by atoms with Gasteiger partial charge >= 0.3 is 0 Å². The van der Waals surface area contributed by atoms with Gasteiger partial charge in [-0.3, -0.25) is 0 Å². The SMILES string of the molecule is CN1CCCC(c2ccccc2C2(N)CC2)CC1. The molecule has 1 heterocycles. The third-order valence-electron chi connectivity index (χ3n) is 4.68. The normalized spacial score (nSPS) is 27.8. The maximum absolute atomic E-state index is 6.43. The van der Waals surface area contributed by atoms with Gasteiger partial charge in [0.25, 0.3) is 0 Å². The van der Waals surface area contributed by atoms with Crippen LogP contribution < -0.4 is 5.73 Å². The minimum atomic E-state index is 0.00873. The maximum atomic E-state index is 6.43. The van der Waals surface area contributed by atoms with Gasteiger partial charge in [0.15, 0.2) is 0 Å². The van der Waals surface area contributed by atoms with Crippen LogP contribution in [0, 0.1) is 0 Å². The van der Waals surface area contributed by atoms with Crippen LogP contribution in [0.2, 0.25) is 0 Å². The molecular formula is C16H24N2. The van der Waals surface area contributed by atoms with Crippen molar-refractivity contribution >= 4 is 0 Å². The first-order chi connectivity index (χ1) is 8.69. The fourth-order valence-corrected chi connectivity index (χ4v) is 3.26. The molecule has 1 aromatic rings. The molecule has 98 valence electrons. The summed E-state index contributed by atoms with van der Waals surface area (Å²) in [4.78, 5) is 2.46. The van der Waals surface area contributed by atoms with E-state index in [2.05, 4.69) is 36.2 Å². The van der Waals surface area contributed by atoms with Crippen molar-refractivity contribution in [1.82, 2.24) is 4.90 Å². The molecule has 0 radical (unpaired) electrons. The number of hydrogen-bond acceptors (Lipinski definition) is 2. The summed E-state index contributed by atoms with van der Waals surface area (Å²) < 4.78 is 0. The molecule has 2 N–H and O–H groups in total. The fraction of sp³-hybridized carbons (Fsp3) is 0.625. The Morgan fingerprint density at radius 2 is 1.94 bits per heavy atom. The van der Waals surface area contributed by atoms with Gasteiger partial charge < -0.3 is 10.6 Å². The van der Waals surface area contributed by atoms with Crippen molar-refractivity contribution in [3.8, 4) is 0 Å². The highest BCUT2D eigenvalue weighted by Crippen LogP contribution is 2.46. The Hall–Kier alpha value is -0.860. The van der Waals surface area contributed by atoms with E-state index in [1.807, 2.05) is 0 Å². The van der Waals surface area contributed by atoms with Crippen LogP contribution in [0.25, 0.3) is 0 Å². The van der Waals surface area contributed by atoms with Crippen molar-refractivity contribution in [2.24, 2.45) is 5.73 Å². The van der Waals surface area contributed by atoms with Crippen LogP contribution in [0.15, 0.2) is 24.3 Å². The van der Waals surface area contributed by atoms with E-state index in [0.717, 1.165) is 12.8 Å². The van der Waals surface area contributed by atoms with Crippen molar-refractivity contribution in [2.75, 3.05) is 20.1 Å². The molecule has 1 unspecified atom stereocenters. The van der Waals surface area contributed by atoms with Crippen LogP contribution in [-0.2, 0) is 5.54 Å². The standard InChI is InChI=1S/C16H24N2/c1-18-11-4-5-13(8-12-18)14-6-2-3-7-15(14)16(17)9-10-16/h2-3,6-7,13H,4-5,8-12,17H2,1H3. The van der Waals surface area contributed by atoms with Crippen LogP contribution in [0.1, 0.15) is 49.1 Å². The Morgan fingerprint density at radius 1 is 1.17 bits per heavy atom. The lowest BCUT2D eigenvalue weighted by atomic mass is 9.85. The number of nitrogens with zero attached hydrogens (tertiary/aromatic N) is 1. The maximum Gasteiger partial charge on any atom is 0.0414 e. The molecule has 18 heavy (non-hydrogen) atoms. The van der Waals surface area contributed by atoms with Gasteiger partial charge in [-0.2, -0.15) is 0 Å². The number of nitrogens with two attached hydrogens (primary N) is 1. The fourth-order valence-electron chi connectivity index (χ4n) is 3.26. The second-order valence-corrected chi connectivity index (χ2v) is 6.17. The summed E-state index contributed by atoms with van der Waals surface area (Å²) in [6, 6.07) is 8.91. The van der Waals surface area contributed by atoms with Crippen LogP contribution in [0.5, 0.6) is 0 Å². The zero-order valence-corrected chi connectivity index (χ0v) is 11.4. The molecule has 3 rings (SSSR count). The topological polar surface area (TPSA) is 29.3 Å². The zero-order valence-electron chi connectivity index (χ0n) is 11.4. The lowest BCUT2D eigenvalue weighted by molar-refractivity contribution is 0.347. The predicted octanol–water partition coefficient (Wildman–Crippen LogP) is 2.83. The highest BCUT2D eigenvalue weighted by molar-refractivity contribution is 5.39. The third-order valence-corrected chi connectivity index (χ3v) is 4.68. The first kappa shape index (κ1) is 12.2. The summed E-state index contributed by atoms with van der Waals surface area (Å²) in [6.45, 7) is 2.46. The molecule has 2 heteroatoms. The average molecular weight is 244 g/mol. The quantitative estimate of drug-likeness (QED) is 0.867. The van der Waals surface area contributed by atoms with Crippen molar-refractivity contribution < 1.29 is 0 Å². The van der Waals surface area contributed by atoms with Gasteiger partial charge in [-0.15, -0.1) is 0 Å². The summed E-state index contributed by atoms with van der Waals surface area (Å²) in [5.41, 5.74) is 9.41. The molecule has 1 atom stereocenters. The molecule has 1 saturated heterocycles. The molecule has 1 saturated carbocycles. The molecule has 0 bridgehead atoms. The summed E-state index contributed by atoms with van der Waals surface area (Å²) in [6.07, 6.45) is 6.24. The minimum absolute atomic E-state index is 0.00873. The predicted molar refractivity (Wildman–Crippen MR) is 75.6 cm³/mol. The summed E-state index contributed by atoms with van der Waals surface area (Å²) in [5.74, 6) is 0.715. The molecule has 1 aliphatic carbocycles. The average Bonchev–Trinajstić information content (AvgIpc) is 3.15. The zero-order chi connectivity index (χ0) is 12.6. The highest BCUT2D eigenvalue weighted by Gasteiger charge is 2.42. The van der Waals surface area contributed by atoms with E-state index >= 15 is 0 Å². The van der Waals surface area contributed by atoms with Gasteiger partial charge in [0.1, 0.15) is 0 Å². The number of hydrogen-bond donors (Lipinski definition) is 1.